The second-order valence-corrected chi connectivity index (χ2v) is 6.12. The van der Waals surface area contributed by atoms with Gasteiger partial charge in [0.15, 0.2) is 0 Å². The van der Waals surface area contributed by atoms with Crippen molar-refractivity contribution in [2.24, 2.45) is 0 Å². The van der Waals surface area contributed by atoms with Crippen LogP contribution in [0.5, 0.6) is 17.2 Å². The van der Waals surface area contributed by atoms with Crippen LogP contribution in [0, 0.1) is 0 Å². The van der Waals surface area contributed by atoms with Crippen LogP contribution in [-0.2, 0) is 12.7 Å². The van der Waals surface area contributed by atoms with Crippen LogP contribution in [0.2, 0.25) is 5.02 Å². The van der Waals surface area contributed by atoms with Crippen molar-refractivity contribution < 1.29 is 22.6 Å². The van der Waals surface area contributed by atoms with Crippen molar-refractivity contribution >= 4 is 11.6 Å². The summed E-state index contributed by atoms with van der Waals surface area (Å²) in [4.78, 5) is 12.7. The van der Waals surface area contributed by atoms with E-state index in [-0.39, 0.29) is 22.9 Å². The first-order chi connectivity index (χ1) is 13.3. The van der Waals surface area contributed by atoms with Crippen molar-refractivity contribution in [3.05, 3.63) is 81.2 Å². The number of rotatable bonds is 5. The molecule has 0 aliphatic heterocycles. The van der Waals surface area contributed by atoms with E-state index in [1.54, 1.807) is 24.3 Å². The fraction of sp³-hybridized carbons (Fsp3) is 0.158. The van der Waals surface area contributed by atoms with Crippen LogP contribution >= 0.6 is 11.6 Å². The topological polar surface area (TPSA) is 53.4 Å². The first-order valence-corrected chi connectivity index (χ1v) is 8.40. The summed E-state index contributed by atoms with van der Waals surface area (Å²) in [6.07, 6.45) is -3.40. The third-order valence-corrected chi connectivity index (χ3v) is 4.15. The lowest BCUT2D eigenvalue weighted by Gasteiger charge is -2.14. The van der Waals surface area contributed by atoms with Crippen molar-refractivity contribution in [3.8, 4) is 17.2 Å². The molecule has 0 aliphatic rings. The number of halogens is 4. The molecule has 1 heterocycles. The van der Waals surface area contributed by atoms with Crippen LogP contribution in [0.1, 0.15) is 11.1 Å². The molecule has 0 atom stereocenters. The molecule has 0 N–H and O–H groups in total. The van der Waals surface area contributed by atoms with Gasteiger partial charge in [0.05, 0.1) is 25.4 Å². The minimum Gasteiger partial charge on any atom is -0.497 e. The van der Waals surface area contributed by atoms with E-state index in [1.807, 2.05) is 0 Å². The number of hydrogen-bond donors (Lipinski definition) is 0. The van der Waals surface area contributed by atoms with Crippen LogP contribution in [-0.4, -0.2) is 16.9 Å². The molecule has 1 aromatic heterocycles. The lowest BCUT2D eigenvalue weighted by atomic mass is 10.1. The van der Waals surface area contributed by atoms with Crippen LogP contribution in [0.25, 0.3) is 0 Å². The molecule has 0 aliphatic carbocycles. The molecule has 3 rings (SSSR count). The molecular formula is C19H14ClF3N2O3. The predicted octanol–water partition coefficient (Wildman–Crippen LogP) is 4.76. The Morgan fingerprint density at radius 3 is 2.36 bits per heavy atom. The number of ether oxygens (including phenoxy) is 2. The molecular weight excluding hydrogens is 397 g/mol. The van der Waals surface area contributed by atoms with Crippen molar-refractivity contribution in [1.29, 1.82) is 0 Å². The van der Waals surface area contributed by atoms with E-state index in [9.17, 15) is 18.0 Å². The van der Waals surface area contributed by atoms with Gasteiger partial charge in [-0.3, -0.25) is 4.79 Å². The minimum atomic E-state index is -4.55. The molecule has 0 spiro atoms. The second kappa shape index (κ2) is 7.93. The fourth-order valence-electron chi connectivity index (χ4n) is 2.51. The number of nitrogens with zero attached hydrogens (tertiary/aromatic N) is 2. The Labute approximate surface area is 162 Å². The lowest BCUT2D eigenvalue weighted by Crippen LogP contribution is -2.25. The SMILES string of the molecule is COc1ccc(Oc2c(Cl)cnn(Cc3ccccc3C(F)(F)F)c2=O)cc1. The number of methoxy groups -OCH3 is 1. The van der Waals surface area contributed by atoms with Gasteiger partial charge in [-0.15, -0.1) is 0 Å². The summed E-state index contributed by atoms with van der Waals surface area (Å²) < 4.78 is 51.0. The smallest absolute Gasteiger partial charge is 0.416 e. The van der Waals surface area contributed by atoms with E-state index in [1.165, 1.54) is 25.3 Å². The Kier molecular flexibility index (Phi) is 5.60. The van der Waals surface area contributed by atoms with E-state index in [0.717, 1.165) is 16.9 Å². The zero-order valence-corrected chi connectivity index (χ0v) is 15.3. The Hall–Kier alpha value is -3.00. The van der Waals surface area contributed by atoms with Gasteiger partial charge in [-0.05, 0) is 35.9 Å². The van der Waals surface area contributed by atoms with Gasteiger partial charge in [0, 0.05) is 0 Å². The van der Waals surface area contributed by atoms with E-state index in [2.05, 4.69) is 5.10 Å². The van der Waals surface area contributed by atoms with E-state index in [0.29, 0.717) is 11.5 Å². The van der Waals surface area contributed by atoms with E-state index >= 15 is 0 Å². The highest BCUT2D eigenvalue weighted by atomic mass is 35.5. The van der Waals surface area contributed by atoms with Crippen LogP contribution in [0.3, 0.4) is 0 Å². The quantitative estimate of drug-likeness (QED) is 0.608. The molecule has 28 heavy (non-hydrogen) atoms. The highest BCUT2D eigenvalue weighted by Crippen LogP contribution is 2.32. The average Bonchev–Trinajstić information content (AvgIpc) is 2.67. The molecule has 146 valence electrons. The molecule has 3 aromatic rings. The lowest BCUT2D eigenvalue weighted by molar-refractivity contribution is -0.138. The summed E-state index contributed by atoms with van der Waals surface area (Å²) in [5.74, 6) is 0.675. The summed E-state index contributed by atoms with van der Waals surface area (Å²) in [7, 11) is 1.51. The van der Waals surface area contributed by atoms with Crippen LogP contribution in [0.15, 0.2) is 59.5 Å². The van der Waals surface area contributed by atoms with Crippen molar-refractivity contribution in [2.45, 2.75) is 12.7 Å². The maximum atomic E-state index is 13.2. The van der Waals surface area contributed by atoms with Crippen LogP contribution in [0.4, 0.5) is 13.2 Å². The van der Waals surface area contributed by atoms with Crippen molar-refractivity contribution in [2.75, 3.05) is 7.11 Å². The monoisotopic (exact) mass is 410 g/mol. The Morgan fingerprint density at radius 2 is 1.71 bits per heavy atom. The van der Waals surface area contributed by atoms with Gasteiger partial charge in [0.2, 0.25) is 5.75 Å². The van der Waals surface area contributed by atoms with Gasteiger partial charge in [0.25, 0.3) is 0 Å². The number of alkyl halides is 3. The zero-order chi connectivity index (χ0) is 20.3. The number of benzene rings is 2. The van der Waals surface area contributed by atoms with Gasteiger partial charge in [-0.1, -0.05) is 29.8 Å². The summed E-state index contributed by atoms with van der Waals surface area (Å²) in [6, 6.07) is 11.4. The first kappa shape index (κ1) is 19.8. The van der Waals surface area contributed by atoms with Gasteiger partial charge < -0.3 is 9.47 Å². The molecule has 5 nitrogen and oxygen atoms in total. The fourth-order valence-corrected chi connectivity index (χ4v) is 2.68. The normalized spacial score (nSPS) is 11.3. The molecule has 0 saturated heterocycles. The molecule has 2 aromatic carbocycles. The standard InChI is InChI=1S/C19H14ClF3N2O3/c1-27-13-6-8-14(9-7-13)28-17-16(20)10-24-25(18(17)26)11-12-4-2-3-5-15(12)19(21,22)23/h2-10H,11H2,1H3. The maximum Gasteiger partial charge on any atom is 0.416 e. The van der Waals surface area contributed by atoms with Crippen molar-refractivity contribution in [3.63, 3.8) is 0 Å². The molecule has 0 radical (unpaired) electrons. The maximum absolute atomic E-state index is 13.2. The summed E-state index contributed by atoms with van der Waals surface area (Å²) >= 11 is 6.01. The van der Waals surface area contributed by atoms with E-state index < -0.39 is 17.3 Å². The van der Waals surface area contributed by atoms with Crippen molar-refractivity contribution in [1.82, 2.24) is 9.78 Å². The van der Waals surface area contributed by atoms with Gasteiger partial charge in [-0.2, -0.15) is 18.3 Å². The Bertz CT molecular complexity index is 1030. The molecule has 9 heteroatoms. The Morgan fingerprint density at radius 1 is 1.07 bits per heavy atom. The average molecular weight is 411 g/mol. The van der Waals surface area contributed by atoms with Gasteiger partial charge in [-0.25, -0.2) is 4.68 Å². The molecule has 0 unspecified atom stereocenters. The first-order valence-electron chi connectivity index (χ1n) is 8.02. The molecule has 0 saturated carbocycles. The largest absolute Gasteiger partial charge is 0.497 e. The number of hydrogen-bond acceptors (Lipinski definition) is 4. The third kappa shape index (κ3) is 4.28. The highest BCUT2D eigenvalue weighted by molar-refractivity contribution is 6.31. The minimum absolute atomic E-state index is 0.0545. The zero-order valence-electron chi connectivity index (χ0n) is 14.5. The second-order valence-electron chi connectivity index (χ2n) is 5.72. The molecule has 0 amide bonds. The van der Waals surface area contributed by atoms with E-state index in [4.69, 9.17) is 21.1 Å². The summed E-state index contributed by atoms with van der Waals surface area (Å²) in [5, 5.41) is 3.78. The third-order valence-electron chi connectivity index (χ3n) is 3.88. The molecule has 0 bridgehead atoms. The van der Waals surface area contributed by atoms with Gasteiger partial charge in [0.1, 0.15) is 16.5 Å². The summed E-state index contributed by atoms with van der Waals surface area (Å²) in [6.45, 7) is -0.384. The van der Waals surface area contributed by atoms with Crippen LogP contribution < -0.4 is 15.0 Å². The Balaban J connectivity index is 1.95. The van der Waals surface area contributed by atoms with Gasteiger partial charge >= 0.3 is 11.7 Å². The molecule has 0 fully saturated rings. The summed E-state index contributed by atoms with van der Waals surface area (Å²) in [5.41, 5.74) is -1.68. The predicted molar refractivity (Wildman–Crippen MR) is 97.1 cm³/mol. The highest BCUT2D eigenvalue weighted by Gasteiger charge is 2.33. The number of aromatic nitrogens is 2.